The van der Waals surface area contributed by atoms with Gasteiger partial charge in [0.2, 0.25) is 0 Å². The molecule has 1 N–H and O–H groups in total. The second-order valence-corrected chi connectivity index (χ2v) is 3.78. The lowest BCUT2D eigenvalue weighted by Crippen LogP contribution is -1.93. The van der Waals surface area contributed by atoms with Crippen LogP contribution in [0.4, 0.5) is 0 Å². The number of aliphatic hydroxyl groups is 1. The first-order valence-electron chi connectivity index (χ1n) is 4.62. The van der Waals surface area contributed by atoms with Crippen LogP contribution in [0.15, 0.2) is 36.4 Å². The third kappa shape index (κ3) is 1.29. The van der Waals surface area contributed by atoms with E-state index in [1.165, 1.54) is 5.56 Å². The van der Waals surface area contributed by atoms with Crippen LogP contribution in [0, 0.1) is 0 Å². The van der Waals surface area contributed by atoms with E-state index >= 15 is 0 Å². The zero-order chi connectivity index (χ0) is 9.42. The molecule has 0 aliphatic heterocycles. The summed E-state index contributed by atoms with van der Waals surface area (Å²) in [7, 11) is 0. The van der Waals surface area contributed by atoms with Gasteiger partial charge in [-0.05, 0) is 24.5 Å². The summed E-state index contributed by atoms with van der Waals surface area (Å²) in [5.74, 6) is 0.353. The summed E-state index contributed by atoms with van der Waals surface area (Å²) in [6.07, 6.45) is 0.507. The summed E-state index contributed by atoms with van der Waals surface area (Å²) in [4.78, 5) is 0. The molecule has 1 aromatic carbocycles. The molecule has 68 valence electrons. The summed E-state index contributed by atoms with van der Waals surface area (Å²) in [5.41, 5.74) is 3.47. The van der Waals surface area contributed by atoms with Crippen molar-refractivity contribution in [2.24, 2.45) is 0 Å². The standard InChI is InChI=1S/C12H14O/c1-8(2)11-7-12(13)10-6-4-3-5-9(10)11/h3-6,11-13H,1,7H2,2H3/t11-,12-/m0/s1. The van der Waals surface area contributed by atoms with Gasteiger partial charge in [-0.1, -0.05) is 36.4 Å². The van der Waals surface area contributed by atoms with Crippen molar-refractivity contribution >= 4 is 0 Å². The number of fused-ring (bicyclic) bond motifs is 1. The molecule has 13 heavy (non-hydrogen) atoms. The van der Waals surface area contributed by atoms with Crippen LogP contribution in [0.25, 0.3) is 0 Å². The molecule has 1 aliphatic rings. The monoisotopic (exact) mass is 174 g/mol. The zero-order valence-corrected chi connectivity index (χ0v) is 7.83. The third-order valence-electron chi connectivity index (χ3n) is 2.78. The molecular weight excluding hydrogens is 160 g/mol. The minimum Gasteiger partial charge on any atom is -0.388 e. The van der Waals surface area contributed by atoms with Gasteiger partial charge in [-0.25, -0.2) is 0 Å². The van der Waals surface area contributed by atoms with E-state index in [4.69, 9.17) is 0 Å². The largest absolute Gasteiger partial charge is 0.388 e. The topological polar surface area (TPSA) is 20.2 Å². The summed E-state index contributed by atoms with van der Waals surface area (Å²) in [6.45, 7) is 5.99. The van der Waals surface area contributed by atoms with Gasteiger partial charge in [0.15, 0.2) is 0 Å². The van der Waals surface area contributed by atoms with E-state index in [0.717, 1.165) is 17.6 Å². The van der Waals surface area contributed by atoms with Gasteiger partial charge in [-0.15, -0.1) is 0 Å². The number of aliphatic hydroxyl groups excluding tert-OH is 1. The van der Waals surface area contributed by atoms with Crippen molar-refractivity contribution in [1.82, 2.24) is 0 Å². The van der Waals surface area contributed by atoms with Gasteiger partial charge in [0, 0.05) is 5.92 Å². The van der Waals surface area contributed by atoms with Crippen LogP contribution < -0.4 is 0 Å². The molecule has 1 aliphatic carbocycles. The maximum atomic E-state index is 9.76. The Morgan fingerprint density at radius 3 is 2.62 bits per heavy atom. The molecule has 0 fully saturated rings. The lowest BCUT2D eigenvalue weighted by Gasteiger charge is -2.09. The van der Waals surface area contributed by atoms with Gasteiger partial charge in [-0.3, -0.25) is 0 Å². The Labute approximate surface area is 78.7 Å². The fourth-order valence-corrected chi connectivity index (χ4v) is 2.08. The Balaban J connectivity index is 2.47. The van der Waals surface area contributed by atoms with Crippen LogP contribution in [-0.2, 0) is 0 Å². The normalized spacial score (nSPS) is 25.7. The van der Waals surface area contributed by atoms with Gasteiger partial charge in [-0.2, -0.15) is 0 Å². The number of rotatable bonds is 1. The molecule has 0 unspecified atom stereocenters. The van der Waals surface area contributed by atoms with E-state index in [0.29, 0.717) is 5.92 Å². The summed E-state index contributed by atoms with van der Waals surface area (Å²) in [6, 6.07) is 8.09. The van der Waals surface area contributed by atoms with E-state index in [9.17, 15) is 5.11 Å². The Kier molecular flexibility index (Phi) is 1.97. The molecule has 2 atom stereocenters. The zero-order valence-electron chi connectivity index (χ0n) is 7.83. The summed E-state index contributed by atoms with van der Waals surface area (Å²) < 4.78 is 0. The predicted octanol–water partition coefficient (Wildman–Crippen LogP) is 2.78. The van der Waals surface area contributed by atoms with Crippen molar-refractivity contribution in [3.8, 4) is 0 Å². The fraction of sp³-hybridized carbons (Fsp3) is 0.333. The van der Waals surface area contributed by atoms with Crippen LogP contribution in [0.3, 0.4) is 0 Å². The van der Waals surface area contributed by atoms with E-state index in [2.05, 4.69) is 12.6 Å². The quantitative estimate of drug-likeness (QED) is 0.649. The van der Waals surface area contributed by atoms with Crippen molar-refractivity contribution in [3.63, 3.8) is 0 Å². The van der Waals surface area contributed by atoms with Gasteiger partial charge in [0.1, 0.15) is 0 Å². The second-order valence-electron chi connectivity index (χ2n) is 3.78. The van der Waals surface area contributed by atoms with Crippen LogP contribution in [-0.4, -0.2) is 5.11 Å². The summed E-state index contributed by atoms with van der Waals surface area (Å²) in [5, 5.41) is 9.76. The highest BCUT2D eigenvalue weighted by atomic mass is 16.3. The number of hydrogen-bond acceptors (Lipinski definition) is 1. The molecule has 0 amide bonds. The fourth-order valence-electron chi connectivity index (χ4n) is 2.08. The number of allylic oxidation sites excluding steroid dienone is 1. The van der Waals surface area contributed by atoms with Crippen molar-refractivity contribution in [1.29, 1.82) is 0 Å². The van der Waals surface area contributed by atoms with E-state index < -0.39 is 0 Å². The highest BCUT2D eigenvalue weighted by Gasteiger charge is 2.29. The SMILES string of the molecule is C=C(C)[C@@H]1C[C@H](O)c2ccccc21. The van der Waals surface area contributed by atoms with Gasteiger partial charge in [0.05, 0.1) is 6.10 Å². The maximum absolute atomic E-state index is 9.76. The van der Waals surface area contributed by atoms with Crippen molar-refractivity contribution in [3.05, 3.63) is 47.5 Å². The smallest absolute Gasteiger partial charge is 0.0801 e. The molecule has 1 aromatic rings. The third-order valence-corrected chi connectivity index (χ3v) is 2.78. The first kappa shape index (κ1) is 8.52. The van der Waals surface area contributed by atoms with Crippen LogP contribution in [0.1, 0.15) is 36.5 Å². The first-order valence-corrected chi connectivity index (χ1v) is 4.62. The lowest BCUT2D eigenvalue weighted by atomic mass is 9.95. The Morgan fingerprint density at radius 2 is 2.00 bits per heavy atom. The predicted molar refractivity (Wildman–Crippen MR) is 53.6 cm³/mol. The minimum absolute atomic E-state index is 0.294. The van der Waals surface area contributed by atoms with Gasteiger partial charge in [0.25, 0.3) is 0 Å². The molecule has 0 radical (unpaired) electrons. The molecule has 2 rings (SSSR count). The maximum Gasteiger partial charge on any atom is 0.0801 e. The molecule has 0 heterocycles. The molecule has 0 saturated carbocycles. The lowest BCUT2D eigenvalue weighted by molar-refractivity contribution is 0.176. The van der Waals surface area contributed by atoms with E-state index in [1.54, 1.807) is 0 Å². The molecule has 1 nitrogen and oxygen atoms in total. The van der Waals surface area contributed by atoms with Gasteiger partial charge >= 0.3 is 0 Å². The highest BCUT2D eigenvalue weighted by Crippen LogP contribution is 2.43. The molecule has 0 spiro atoms. The summed E-state index contributed by atoms with van der Waals surface area (Å²) >= 11 is 0. The van der Waals surface area contributed by atoms with Crippen molar-refractivity contribution in [2.75, 3.05) is 0 Å². The van der Waals surface area contributed by atoms with E-state index in [1.807, 2.05) is 25.1 Å². The van der Waals surface area contributed by atoms with Gasteiger partial charge < -0.3 is 5.11 Å². The number of benzene rings is 1. The van der Waals surface area contributed by atoms with E-state index in [-0.39, 0.29) is 6.10 Å². The first-order chi connectivity index (χ1) is 6.20. The average Bonchev–Trinajstić information content (AvgIpc) is 2.45. The Hall–Kier alpha value is -1.08. The molecule has 0 saturated heterocycles. The Morgan fingerprint density at radius 1 is 1.38 bits per heavy atom. The highest BCUT2D eigenvalue weighted by molar-refractivity contribution is 5.41. The molecule has 0 bridgehead atoms. The minimum atomic E-state index is -0.294. The van der Waals surface area contributed by atoms with Crippen molar-refractivity contribution in [2.45, 2.75) is 25.4 Å². The van der Waals surface area contributed by atoms with Crippen LogP contribution in [0.5, 0.6) is 0 Å². The number of hydrogen-bond donors (Lipinski definition) is 1. The van der Waals surface area contributed by atoms with Crippen molar-refractivity contribution < 1.29 is 5.11 Å². The van der Waals surface area contributed by atoms with Crippen LogP contribution in [0.2, 0.25) is 0 Å². The molecule has 1 heteroatoms. The molecule has 0 aromatic heterocycles. The average molecular weight is 174 g/mol. The molecular formula is C12H14O. The Bertz CT molecular complexity index is 341. The van der Waals surface area contributed by atoms with Crippen LogP contribution >= 0.6 is 0 Å². The second kappa shape index (κ2) is 3.00.